The molecule has 0 aliphatic carbocycles. The van der Waals surface area contributed by atoms with E-state index in [1.54, 1.807) is 6.92 Å². The second kappa shape index (κ2) is 4.34. The average molecular weight is 242 g/mol. The van der Waals surface area contributed by atoms with Crippen LogP contribution in [0.2, 0.25) is 0 Å². The number of carbonyl (C=O) groups excluding carboxylic acids is 2. The van der Waals surface area contributed by atoms with Gasteiger partial charge >= 0.3 is 0 Å². The molecule has 0 radical (unpaired) electrons. The van der Waals surface area contributed by atoms with E-state index in [1.807, 2.05) is 6.07 Å². The summed E-state index contributed by atoms with van der Waals surface area (Å²) < 4.78 is 5.11. The van der Waals surface area contributed by atoms with E-state index < -0.39 is 5.91 Å². The van der Waals surface area contributed by atoms with Gasteiger partial charge in [0.2, 0.25) is 0 Å². The van der Waals surface area contributed by atoms with Crippen LogP contribution in [0.3, 0.4) is 0 Å². The zero-order chi connectivity index (χ0) is 13.3. The van der Waals surface area contributed by atoms with E-state index in [2.05, 4.69) is 0 Å². The number of imide groups is 1. The van der Waals surface area contributed by atoms with Crippen LogP contribution >= 0.6 is 0 Å². The molecule has 1 aromatic carbocycles. The molecule has 90 valence electrons. The summed E-state index contributed by atoms with van der Waals surface area (Å²) >= 11 is 0. The summed E-state index contributed by atoms with van der Waals surface area (Å²) in [6.07, 6.45) is 1.28. The van der Waals surface area contributed by atoms with Crippen molar-refractivity contribution in [2.75, 3.05) is 12.0 Å². The fourth-order valence-electron chi connectivity index (χ4n) is 1.75. The van der Waals surface area contributed by atoms with Crippen molar-refractivity contribution >= 4 is 17.5 Å². The minimum Gasteiger partial charge on any atom is -0.495 e. The molecule has 1 aliphatic rings. The Bertz CT molecular complexity index is 611. The highest BCUT2D eigenvalue weighted by Gasteiger charge is 2.31. The standard InChI is InChI=1S/C13H10N2O3/c1-8-5-12(16)15(13(8)17)10-4-3-9(7-14)6-11(10)18-2/h3-6H,1-2H3. The van der Waals surface area contributed by atoms with Gasteiger partial charge < -0.3 is 4.74 Å². The maximum atomic E-state index is 11.9. The molecule has 0 spiro atoms. The highest BCUT2D eigenvalue weighted by atomic mass is 16.5. The Kier molecular flexibility index (Phi) is 2.86. The molecule has 0 fully saturated rings. The predicted octanol–water partition coefficient (Wildman–Crippen LogP) is 1.39. The zero-order valence-electron chi connectivity index (χ0n) is 9.93. The van der Waals surface area contributed by atoms with Gasteiger partial charge in [-0.2, -0.15) is 5.26 Å². The minimum absolute atomic E-state index is 0.318. The summed E-state index contributed by atoms with van der Waals surface area (Å²) in [4.78, 5) is 24.6. The number of nitrogens with zero attached hydrogens (tertiary/aromatic N) is 2. The number of hydrogen-bond donors (Lipinski definition) is 0. The minimum atomic E-state index is -0.402. The first kappa shape index (κ1) is 11.9. The lowest BCUT2D eigenvalue weighted by Crippen LogP contribution is -2.30. The molecule has 0 aromatic heterocycles. The number of carbonyl (C=O) groups is 2. The van der Waals surface area contributed by atoms with Crippen LogP contribution in [0, 0.1) is 11.3 Å². The molecule has 1 aliphatic heterocycles. The van der Waals surface area contributed by atoms with Crippen LogP contribution in [0.5, 0.6) is 5.75 Å². The van der Waals surface area contributed by atoms with Gasteiger partial charge in [0.15, 0.2) is 0 Å². The first-order valence-electron chi connectivity index (χ1n) is 5.23. The van der Waals surface area contributed by atoms with Crippen LogP contribution in [-0.2, 0) is 9.59 Å². The number of nitriles is 1. The van der Waals surface area contributed by atoms with Crippen LogP contribution in [0.15, 0.2) is 29.8 Å². The summed E-state index contributed by atoms with van der Waals surface area (Å²) in [7, 11) is 1.42. The molecule has 0 N–H and O–H groups in total. The van der Waals surface area contributed by atoms with Crippen molar-refractivity contribution in [2.45, 2.75) is 6.92 Å². The lowest BCUT2D eigenvalue weighted by atomic mass is 10.2. The Morgan fingerprint density at radius 2 is 2.06 bits per heavy atom. The van der Waals surface area contributed by atoms with Gasteiger partial charge in [-0.25, -0.2) is 4.90 Å². The monoisotopic (exact) mass is 242 g/mol. The summed E-state index contributed by atoms with van der Waals surface area (Å²) in [5.74, 6) is -0.456. The van der Waals surface area contributed by atoms with Crippen molar-refractivity contribution in [1.82, 2.24) is 0 Å². The number of hydrogen-bond acceptors (Lipinski definition) is 4. The summed E-state index contributed by atoms with van der Waals surface area (Å²) in [6.45, 7) is 1.58. The molecular formula is C13H10N2O3. The molecule has 0 unspecified atom stereocenters. The third-order valence-electron chi connectivity index (χ3n) is 2.65. The van der Waals surface area contributed by atoms with Crippen molar-refractivity contribution in [1.29, 1.82) is 5.26 Å². The van der Waals surface area contributed by atoms with Crippen molar-refractivity contribution in [3.8, 4) is 11.8 Å². The van der Waals surface area contributed by atoms with E-state index in [1.165, 1.54) is 31.4 Å². The van der Waals surface area contributed by atoms with Crippen molar-refractivity contribution in [2.24, 2.45) is 0 Å². The van der Waals surface area contributed by atoms with E-state index in [9.17, 15) is 9.59 Å². The molecule has 18 heavy (non-hydrogen) atoms. The number of amides is 2. The number of rotatable bonds is 2. The second-order valence-electron chi connectivity index (χ2n) is 3.80. The smallest absolute Gasteiger partial charge is 0.261 e. The highest BCUT2D eigenvalue weighted by molar-refractivity contribution is 6.30. The van der Waals surface area contributed by atoms with E-state index in [0.29, 0.717) is 22.6 Å². The molecule has 2 rings (SSSR count). The van der Waals surface area contributed by atoms with Crippen LogP contribution in [0.1, 0.15) is 12.5 Å². The molecule has 5 heteroatoms. The van der Waals surface area contributed by atoms with Gasteiger partial charge in [0.25, 0.3) is 11.8 Å². The van der Waals surface area contributed by atoms with Crippen LogP contribution in [0.4, 0.5) is 5.69 Å². The largest absolute Gasteiger partial charge is 0.495 e. The normalized spacial score (nSPS) is 14.5. The van der Waals surface area contributed by atoms with Gasteiger partial charge in [-0.05, 0) is 19.1 Å². The second-order valence-corrected chi connectivity index (χ2v) is 3.80. The average Bonchev–Trinajstić information content (AvgIpc) is 2.62. The Labute approximate surface area is 104 Å². The van der Waals surface area contributed by atoms with E-state index in [0.717, 1.165) is 4.90 Å². The molecule has 0 saturated carbocycles. The highest BCUT2D eigenvalue weighted by Crippen LogP contribution is 2.32. The van der Waals surface area contributed by atoms with Gasteiger partial charge in [0.1, 0.15) is 5.75 Å². The van der Waals surface area contributed by atoms with Crippen LogP contribution in [0.25, 0.3) is 0 Å². The lowest BCUT2D eigenvalue weighted by Gasteiger charge is -2.17. The Morgan fingerprint density at radius 3 is 2.56 bits per heavy atom. The molecule has 5 nitrogen and oxygen atoms in total. The first-order chi connectivity index (χ1) is 8.58. The van der Waals surface area contributed by atoms with E-state index in [-0.39, 0.29) is 5.91 Å². The number of benzene rings is 1. The van der Waals surface area contributed by atoms with Crippen molar-refractivity contribution in [3.05, 3.63) is 35.4 Å². The molecule has 1 heterocycles. The van der Waals surface area contributed by atoms with E-state index >= 15 is 0 Å². The fourth-order valence-corrected chi connectivity index (χ4v) is 1.75. The van der Waals surface area contributed by atoms with Gasteiger partial charge in [-0.15, -0.1) is 0 Å². The van der Waals surface area contributed by atoms with Crippen molar-refractivity contribution < 1.29 is 14.3 Å². The topological polar surface area (TPSA) is 70.4 Å². The number of anilines is 1. The van der Waals surface area contributed by atoms with Crippen LogP contribution in [-0.4, -0.2) is 18.9 Å². The molecule has 1 aromatic rings. The lowest BCUT2D eigenvalue weighted by molar-refractivity contribution is -0.120. The van der Waals surface area contributed by atoms with E-state index in [4.69, 9.17) is 10.00 Å². The summed E-state index contributed by atoms with van der Waals surface area (Å²) in [6, 6.07) is 6.52. The van der Waals surface area contributed by atoms with Crippen molar-refractivity contribution in [3.63, 3.8) is 0 Å². The Hall–Kier alpha value is -2.61. The third-order valence-corrected chi connectivity index (χ3v) is 2.65. The van der Waals surface area contributed by atoms with Crippen LogP contribution < -0.4 is 9.64 Å². The summed E-state index contributed by atoms with van der Waals surface area (Å²) in [5, 5.41) is 8.80. The molecular weight excluding hydrogens is 232 g/mol. The van der Waals surface area contributed by atoms with Gasteiger partial charge in [-0.3, -0.25) is 9.59 Å². The first-order valence-corrected chi connectivity index (χ1v) is 5.23. The summed E-state index contributed by atoms with van der Waals surface area (Å²) in [5.41, 5.74) is 1.13. The maximum absolute atomic E-state index is 11.9. The Balaban J connectivity index is 2.50. The third kappa shape index (κ3) is 1.74. The molecule has 2 amide bonds. The van der Waals surface area contributed by atoms with Gasteiger partial charge in [0.05, 0.1) is 24.4 Å². The Morgan fingerprint density at radius 1 is 1.33 bits per heavy atom. The fraction of sp³-hybridized carbons (Fsp3) is 0.154. The molecule has 0 bridgehead atoms. The quantitative estimate of drug-likeness (QED) is 0.735. The SMILES string of the molecule is COc1cc(C#N)ccc1N1C(=O)C=C(C)C1=O. The molecule has 0 saturated heterocycles. The number of methoxy groups -OCH3 is 1. The predicted molar refractivity (Wildman–Crippen MR) is 64.0 cm³/mol. The van der Waals surface area contributed by atoms with Gasteiger partial charge in [-0.1, -0.05) is 0 Å². The van der Waals surface area contributed by atoms with Gasteiger partial charge in [0, 0.05) is 17.7 Å². The number of ether oxygens (including phenoxy) is 1. The molecule has 0 atom stereocenters. The maximum Gasteiger partial charge on any atom is 0.261 e. The zero-order valence-corrected chi connectivity index (χ0v) is 9.93.